The molecule has 3 nitrogen and oxygen atoms in total. The van der Waals surface area contributed by atoms with Crippen LogP contribution in [-0.4, -0.2) is 60.8 Å². The summed E-state index contributed by atoms with van der Waals surface area (Å²) in [5.41, 5.74) is 0. The molecular weight excluding hydrogens is 586 g/mol. The minimum Gasteiger partial charge on any atom is -0.243 e. The fraction of sp³-hybridized carbons (Fsp3) is 1.00. The van der Waals surface area contributed by atoms with Gasteiger partial charge in [-0.1, -0.05) is 0 Å². The van der Waals surface area contributed by atoms with Crippen LogP contribution in [0, 0.1) is 0 Å². The zero-order chi connectivity index (χ0) is 29.1. The summed E-state index contributed by atoms with van der Waals surface area (Å²) in [7, 11) is 0. The smallest absolute Gasteiger partial charge is 0.243 e. The molecule has 0 amide bonds. The molecule has 0 saturated heterocycles. The summed E-state index contributed by atoms with van der Waals surface area (Å²) in [5.74, 6) is -15.7. The van der Waals surface area contributed by atoms with Crippen molar-refractivity contribution < 1.29 is 111 Å². The zero-order valence-corrected chi connectivity index (χ0v) is 14.5. The summed E-state index contributed by atoms with van der Waals surface area (Å²) in [4.78, 5) is 0. The predicted octanol–water partition coefficient (Wildman–Crippen LogP) is 6.99. The van der Waals surface area contributed by atoms with Crippen molar-refractivity contribution in [2.75, 3.05) is 0 Å². The highest BCUT2D eigenvalue weighted by Gasteiger charge is 2.82. The van der Waals surface area contributed by atoms with Crippen LogP contribution in [0.15, 0.2) is 0 Å². The monoisotopic (exact) mass is 586 g/mol. The van der Waals surface area contributed by atoms with Gasteiger partial charge in [-0.15, -0.1) is 0 Å². The molecule has 35 heavy (non-hydrogen) atoms. The van der Waals surface area contributed by atoms with E-state index in [1.165, 1.54) is 0 Å². The lowest BCUT2D eigenvalue weighted by Gasteiger charge is -2.36. The van der Waals surface area contributed by atoms with Gasteiger partial charge in [-0.2, -0.15) is 96.6 Å². The number of halogens is 22. The second-order valence-corrected chi connectivity index (χ2v) is 5.55. The number of hydrogen-bond donors (Lipinski definition) is 0. The summed E-state index contributed by atoms with van der Waals surface area (Å²) in [5, 5.41) is 0. The van der Waals surface area contributed by atoms with Gasteiger partial charge in [-0.25, -0.2) is 14.2 Å². The maximum absolute atomic E-state index is 13.0. The van der Waals surface area contributed by atoms with E-state index in [2.05, 4.69) is 0 Å². The fourth-order valence-electron chi connectivity index (χ4n) is 1.18. The van der Waals surface area contributed by atoms with Gasteiger partial charge in [0, 0.05) is 0 Å². The Bertz CT molecular complexity index is 684. The minimum atomic E-state index is -7.98. The van der Waals surface area contributed by atoms with Crippen molar-refractivity contribution in [3.05, 3.63) is 0 Å². The topological polar surface area (TPSA) is 27.7 Å². The first-order chi connectivity index (χ1) is 14.6. The van der Waals surface area contributed by atoms with Gasteiger partial charge in [0.25, 0.3) is 0 Å². The Morgan fingerprint density at radius 3 is 0.514 bits per heavy atom. The van der Waals surface area contributed by atoms with Crippen LogP contribution in [0.5, 0.6) is 0 Å². The molecule has 0 aliphatic heterocycles. The molecule has 0 heterocycles. The van der Waals surface area contributed by atoms with E-state index in [0.717, 1.165) is 14.2 Å². The molecule has 0 saturated carbocycles. The molecule has 0 aromatic heterocycles. The number of rotatable bonds is 10. The van der Waals surface area contributed by atoms with Gasteiger partial charge in [0.2, 0.25) is 0 Å². The van der Waals surface area contributed by atoms with Crippen LogP contribution in [0.2, 0.25) is 0 Å². The molecule has 0 aliphatic rings. The van der Waals surface area contributed by atoms with E-state index in [0.29, 0.717) is 0 Å². The normalized spacial score (nSPS) is 16.6. The van der Waals surface area contributed by atoms with Crippen molar-refractivity contribution >= 4 is 0 Å². The molecule has 0 unspecified atom stereocenters. The summed E-state index contributed by atoms with van der Waals surface area (Å²) >= 11 is 0. The van der Waals surface area contributed by atoms with Crippen molar-refractivity contribution in [1.29, 1.82) is 0 Å². The molecular formula is C10F22O3. The average Bonchev–Trinajstić information content (AvgIpc) is 2.48. The van der Waals surface area contributed by atoms with Gasteiger partial charge in [-0.05, 0) is 0 Å². The Balaban J connectivity index is 6.11. The molecule has 0 bridgehead atoms. The van der Waals surface area contributed by atoms with Gasteiger partial charge in [0.05, 0.1) is 0 Å². The van der Waals surface area contributed by atoms with Crippen LogP contribution in [0.3, 0.4) is 0 Å². The van der Waals surface area contributed by atoms with Crippen molar-refractivity contribution in [3.63, 3.8) is 0 Å². The van der Waals surface area contributed by atoms with Crippen molar-refractivity contribution in [3.8, 4) is 0 Å². The Kier molecular flexibility index (Phi) is 8.04. The molecule has 0 aromatic carbocycles. The summed E-state index contributed by atoms with van der Waals surface area (Å²) in [6.07, 6.45) is -62.7. The summed E-state index contributed by atoms with van der Waals surface area (Å²) < 4.78 is 277. The van der Waals surface area contributed by atoms with Gasteiger partial charge >= 0.3 is 60.8 Å². The first-order valence-electron chi connectivity index (χ1n) is 6.88. The highest BCUT2D eigenvalue weighted by atomic mass is 19.4. The molecule has 0 spiro atoms. The highest BCUT2D eigenvalue weighted by molar-refractivity contribution is 4.89. The molecule has 0 atom stereocenters. The van der Waals surface area contributed by atoms with E-state index < -0.39 is 60.8 Å². The molecule has 0 rings (SSSR count). The number of alkyl halides is 22. The Morgan fingerprint density at radius 2 is 0.371 bits per heavy atom. The van der Waals surface area contributed by atoms with Crippen LogP contribution < -0.4 is 0 Å². The molecule has 0 radical (unpaired) electrons. The summed E-state index contributed by atoms with van der Waals surface area (Å²) in [6.45, 7) is 0. The fourth-order valence-corrected chi connectivity index (χ4v) is 1.18. The van der Waals surface area contributed by atoms with Crippen molar-refractivity contribution in [2.45, 2.75) is 60.8 Å². The van der Waals surface area contributed by atoms with Crippen molar-refractivity contribution in [1.82, 2.24) is 0 Å². The zero-order valence-electron chi connectivity index (χ0n) is 14.5. The van der Waals surface area contributed by atoms with Gasteiger partial charge in [0.15, 0.2) is 0 Å². The Morgan fingerprint density at radius 1 is 0.229 bits per heavy atom. The van der Waals surface area contributed by atoms with Crippen LogP contribution in [0.4, 0.5) is 96.6 Å². The highest BCUT2D eigenvalue weighted by Crippen LogP contribution is 2.55. The molecule has 0 N–H and O–H groups in total. The van der Waals surface area contributed by atoms with Gasteiger partial charge < -0.3 is 0 Å². The van der Waals surface area contributed by atoms with Gasteiger partial charge in [0.1, 0.15) is 0 Å². The third-order valence-corrected chi connectivity index (χ3v) is 2.89. The molecule has 212 valence electrons. The third kappa shape index (κ3) is 6.02. The maximum Gasteiger partial charge on any atom is 0.462 e. The van der Waals surface area contributed by atoms with E-state index in [1.807, 2.05) is 0 Å². The number of hydrogen-bond acceptors (Lipinski definition) is 3. The van der Waals surface area contributed by atoms with Crippen LogP contribution in [0.25, 0.3) is 0 Å². The van der Waals surface area contributed by atoms with Crippen molar-refractivity contribution in [2.24, 2.45) is 0 Å². The Hall–Kier alpha value is -1.66. The van der Waals surface area contributed by atoms with E-state index in [-0.39, 0.29) is 0 Å². The lowest BCUT2D eigenvalue weighted by molar-refractivity contribution is -0.576. The second kappa shape index (κ2) is 8.44. The van der Waals surface area contributed by atoms with E-state index in [9.17, 15) is 96.6 Å². The van der Waals surface area contributed by atoms with E-state index >= 15 is 0 Å². The largest absolute Gasteiger partial charge is 0.462 e. The van der Waals surface area contributed by atoms with E-state index in [1.54, 1.807) is 0 Å². The minimum absolute atomic E-state index is 1.09. The molecule has 0 fully saturated rings. The van der Waals surface area contributed by atoms with Crippen LogP contribution in [-0.2, 0) is 14.2 Å². The maximum atomic E-state index is 13.0. The second-order valence-electron chi connectivity index (χ2n) is 5.55. The standard InChI is InChI=1S/C10F22O3/c11-1(12,3(15,16)17)5(21,22)33-7(25,26)9(29,30)35-10(31,32)8(27,28)34-6(23,24)2(13,14)4(18,19)20. The van der Waals surface area contributed by atoms with E-state index in [4.69, 9.17) is 0 Å². The quantitative estimate of drug-likeness (QED) is 0.259. The predicted molar refractivity (Wildman–Crippen MR) is 54.9 cm³/mol. The Labute approximate surface area is 173 Å². The molecule has 25 heteroatoms. The lowest BCUT2D eigenvalue weighted by atomic mass is 10.3. The first-order valence-corrected chi connectivity index (χ1v) is 6.88. The van der Waals surface area contributed by atoms with Crippen LogP contribution >= 0.6 is 0 Å². The van der Waals surface area contributed by atoms with Crippen LogP contribution in [0.1, 0.15) is 0 Å². The number of ether oxygens (including phenoxy) is 3. The average molecular weight is 586 g/mol. The molecule has 0 aromatic rings. The molecule has 0 aliphatic carbocycles. The summed E-state index contributed by atoms with van der Waals surface area (Å²) in [6, 6.07) is 0. The SMILES string of the molecule is FC(F)(F)C(F)(F)C(F)(F)OC(F)(F)C(F)(F)OC(F)(F)C(F)(F)OC(F)(F)C(F)(F)C(F)(F)F. The third-order valence-electron chi connectivity index (χ3n) is 2.89. The first kappa shape index (κ1) is 33.3. The van der Waals surface area contributed by atoms with Gasteiger partial charge in [-0.3, -0.25) is 0 Å². The lowest BCUT2D eigenvalue weighted by Crippen LogP contribution is -2.62.